The summed E-state index contributed by atoms with van der Waals surface area (Å²) >= 11 is 9.66. The number of aliphatic carboxylic acids is 1. The van der Waals surface area contributed by atoms with Gasteiger partial charge in [0, 0.05) is 10.8 Å². The lowest BCUT2D eigenvalue weighted by Crippen LogP contribution is -2.21. The van der Waals surface area contributed by atoms with Crippen molar-refractivity contribution in [1.29, 1.82) is 0 Å². The molecule has 1 aromatic rings. The number of aliphatic hydroxyl groups excluding tert-OH is 2. The molecule has 0 bridgehead atoms. The Labute approximate surface area is 109 Å². The first-order chi connectivity index (χ1) is 7.95. The molecule has 1 rings (SSSR count). The number of carboxylic acid groups (broad SMARTS) is 1. The Kier molecular flexibility index (Phi) is 5.27. The molecule has 0 saturated heterocycles. The summed E-state index contributed by atoms with van der Waals surface area (Å²) in [7, 11) is 0. The maximum atomic E-state index is 10.7. The van der Waals surface area contributed by atoms with Crippen LogP contribution in [0.3, 0.4) is 0 Å². The van der Waals surface area contributed by atoms with Crippen molar-refractivity contribution in [3.8, 4) is 0 Å². The molecule has 1 aromatic carbocycles. The van der Waals surface area contributed by atoms with Crippen LogP contribution in [0.4, 0.5) is 0 Å². The average Bonchev–Trinajstić information content (AvgIpc) is 2.29. The predicted molar refractivity (Wildman–Crippen MR) is 67.6 cm³/mol. The van der Waals surface area contributed by atoms with Gasteiger partial charge in [-0.05, 0) is 23.3 Å². The lowest BCUT2D eigenvalue weighted by Gasteiger charge is -2.19. The van der Waals surface area contributed by atoms with Crippen LogP contribution in [0, 0.1) is 0 Å². The zero-order chi connectivity index (χ0) is 13.0. The van der Waals surface area contributed by atoms with Gasteiger partial charge in [0.2, 0.25) is 0 Å². The number of rotatable bonds is 5. The van der Waals surface area contributed by atoms with E-state index in [0.29, 0.717) is 16.1 Å². The Morgan fingerprint density at radius 3 is 2.59 bits per heavy atom. The standard InChI is InChI=1S/C11H13ClO4S/c12-7-2-1-6(3-10(14)15)8(4-7)11(16)9(13)5-17/h1-2,4,9,11,13,16-17H,3,5H2,(H,14,15). The van der Waals surface area contributed by atoms with Crippen molar-refractivity contribution in [1.82, 2.24) is 0 Å². The van der Waals surface area contributed by atoms with E-state index in [9.17, 15) is 15.0 Å². The average molecular weight is 277 g/mol. The molecule has 6 heteroatoms. The summed E-state index contributed by atoms with van der Waals surface area (Å²) in [4.78, 5) is 10.7. The molecule has 0 aliphatic carbocycles. The van der Waals surface area contributed by atoms with Gasteiger partial charge in [0.05, 0.1) is 12.5 Å². The Morgan fingerprint density at radius 1 is 1.41 bits per heavy atom. The number of hydrogen-bond donors (Lipinski definition) is 4. The minimum atomic E-state index is -1.19. The van der Waals surface area contributed by atoms with Crippen molar-refractivity contribution in [2.75, 3.05) is 5.75 Å². The van der Waals surface area contributed by atoms with Crippen LogP contribution in [0.1, 0.15) is 17.2 Å². The van der Waals surface area contributed by atoms with Gasteiger partial charge >= 0.3 is 5.97 Å². The first kappa shape index (κ1) is 14.3. The molecule has 2 unspecified atom stereocenters. The molecule has 0 heterocycles. The van der Waals surface area contributed by atoms with Gasteiger partial charge in [-0.2, -0.15) is 12.6 Å². The first-order valence-electron chi connectivity index (χ1n) is 4.92. The van der Waals surface area contributed by atoms with Gasteiger partial charge in [-0.3, -0.25) is 4.79 Å². The largest absolute Gasteiger partial charge is 0.481 e. The van der Waals surface area contributed by atoms with Gasteiger partial charge in [0.1, 0.15) is 6.10 Å². The number of hydrogen-bond acceptors (Lipinski definition) is 4. The van der Waals surface area contributed by atoms with Gasteiger partial charge in [-0.25, -0.2) is 0 Å². The minimum absolute atomic E-state index is 0.0696. The summed E-state index contributed by atoms with van der Waals surface area (Å²) in [6.07, 6.45) is -2.49. The van der Waals surface area contributed by atoms with E-state index >= 15 is 0 Å². The summed E-state index contributed by atoms with van der Waals surface area (Å²) in [6.45, 7) is 0. The molecule has 0 aromatic heterocycles. The van der Waals surface area contributed by atoms with E-state index in [1.54, 1.807) is 6.07 Å². The third-order valence-electron chi connectivity index (χ3n) is 2.32. The quantitative estimate of drug-likeness (QED) is 0.611. The first-order valence-corrected chi connectivity index (χ1v) is 5.94. The highest BCUT2D eigenvalue weighted by molar-refractivity contribution is 7.80. The Bertz CT molecular complexity index is 410. The van der Waals surface area contributed by atoms with E-state index in [-0.39, 0.29) is 12.2 Å². The molecule has 0 saturated carbocycles. The second-order valence-corrected chi connectivity index (χ2v) is 4.41. The van der Waals surface area contributed by atoms with Crippen molar-refractivity contribution in [3.05, 3.63) is 34.3 Å². The van der Waals surface area contributed by atoms with Gasteiger partial charge in [-0.1, -0.05) is 17.7 Å². The Morgan fingerprint density at radius 2 is 2.06 bits per heavy atom. The Hall–Kier alpha value is -0.750. The smallest absolute Gasteiger partial charge is 0.307 e. The van der Waals surface area contributed by atoms with E-state index in [1.807, 2.05) is 0 Å². The van der Waals surface area contributed by atoms with Crippen LogP contribution in [0.25, 0.3) is 0 Å². The van der Waals surface area contributed by atoms with Crippen LogP contribution >= 0.6 is 24.2 Å². The van der Waals surface area contributed by atoms with Gasteiger partial charge in [-0.15, -0.1) is 0 Å². The predicted octanol–water partition coefficient (Wildman–Crippen LogP) is 1.29. The number of benzene rings is 1. The van der Waals surface area contributed by atoms with Crippen molar-refractivity contribution in [3.63, 3.8) is 0 Å². The van der Waals surface area contributed by atoms with E-state index in [2.05, 4.69) is 12.6 Å². The van der Waals surface area contributed by atoms with Crippen LogP contribution < -0.4 is 0 Å². The second-order valence-electron chi connectivity index (χ2n) is 3.61. The molecule has 94 valence electrons. The summed E-state index contributed by atoms with van der Waals surface area (Å²) in [5, 5.41) is 28.5. The topological polar surface area (TPSA) is 77.8 Å². The maximum Gasteiger partial charge on any atom is 0.307 e. The molecule has 0 fully saturated rings. The second kappa shape index (κ2) is 6.26. The zero-order valence-corrected chi connectivity index (χ0v) is 10.5. The maximum absolute atomic E-state index is 10.7. The van der Waals surface area contributed by atoms with E-state index in [4.69, 9.17) is 16.7 Å². The molecule has 0 aliphatic heterocycles. The monoisotopic (exact) mass is 276 g/mol. The number of aliphatic hydroxyl groups is 2. The summed E-state index contributed by atoms with van der Waals surface area (Å²) in [5.41, 5.74) is 0.747. The summed E-state index contributed by atoms with van der Waals surface area (Å²) in [5.74, 6) is -0.943. The van der Waals surface area contributed by atoms with Gasteiger partial charge in [0.25, 0.3) is 0 Å². The molecule has 0 aliphatic rings. The zero-order valence-electron chi connectivity index (χ0n) is 8.88. The number of carbonyl (C=O) groups is 1. The van der Waals surface area contributed by atoms with Crippen molar-refractivity contribution < 1.29 is 20.1 Å². The molecule has 0 spiro atoms. The number of thiol groups is 1. The van der Waals surface area contributed by atoms with E-state index in [1.165, 1.54) is 12.1 Å². The highest BCUT2D eigenvalue weighted by Crippen LogP contribution is 2.25. The van der Waals surface area contributed by atoms with Crippen molar-refractivity contribution in [2.45, 2.75) is 18.6 Å². The molecule has 0 radical (unpaired) electrons. The van der Waals surface area contributed by atoms with Crippen LogP contribution in [-0.2, 0) is 11.2 Å². The fourth-order valence-corrected chi connectivity index (χ4v) is 1.85. The van der Waals surface area contributed by atoms with Crippen molar-refractivity contribution >= 4 is 30.2 Å². The van der Waals surface area contributed by atoms with Crippen LogP contribution in [0.5, 0.6) is 0 Å². The van der Waals surface area contributed by atoms with Crippen LogP contribution in [0.15, 0.2) is 18.2 Å². The van der Waals surface area contributed by atoms with Gasteiger partial charge in [0.15, 0.2) is 0 Å². The molecule has 2 atom stereocenters. The normalized spacial score (nSPS) is 14.4. The molecule has 0 amide bonds. The number of halogens is 1. The van der Waals surface area contributed by atoms with E-state index < -0.39 is 18.2 Å². The summed E-state index contributed by atoms with van der Waals surface area (Å²) in [6, 6.07) is 4.53. The molecular formula is C11H13ClO4S. The Balaban J connectivity index is 3.10. The fraction of sp³-hybridized carbons (Fsp3) is 0.364. The number of carboxylic acids is 1. The highest BCUT2D eigenvalue weighted by Gasteiger charge is 2.21. The highest BCUT2D eigenvalue weighted by atomic mass is 35.5. The molecular weight excluding hydrogens is 264 g/mol. The fourth-order valence-electron chi connectivity index (χ4n) is 1.47. The lowest BCUT2D eigenvalue weighted by molar-refractivity contribution is -0.136. The molecule has 17 heavy (non-hydrogen) atoms. The molecule has 3 N–H and O–H groups in total. The summed E-state index contributed by atoms with van der Waals surface area (Å²) < 4.78 is 0. The lowest BCUT2D eigenvalue weighted by atomic mass is 9.97. The minimum Gasteiger partial charge on any atom is -0.481 e. The van der Waals surface area contributed by atoms with Gasteiger partial charge < -0.3 is 15.3 Å². The SMILES string of the molecule is O=C(O)Cc1ccc(Cl)cc1C(O)C(O)CS. The third kappa shape index (κ3) is 3.89. The third-order valence-corrected chi connectivity index (χ3v) is 2.93. The molecule has 4 nitrogen and oxygen atoms in total. The van der Waals surface area contributed by atoms with Crippen LogP contribution in [-0.4, -0.2) is 33.1 Å². The van der Waals surface area contributed by atoms with E-state index in [0.717, 1.165) is 0 Å². The van der Waals surface area contributed by atoms with Crippen LogP contribution in [0.2, 0.25) is 5.02 Å². The van der Waals surface area contributed by atoms with Crippen molar-refractivity contribution in [2.24, 2.45) is 0 Å².